The Bertz CT molecular complexity index is 498. The van der Waals surface area contributed by atoms with Gasteiger partial charge in [-0.3, -0.25) is 4.79 Å². The second-order valence-corrected chi connectivity index (χ2v) is 6.25. The van der Waals surface area contributed by atoms with Crippen molar-refractivity contribution >= 4 is 5.78 Å². The molecule has 0 spiro atoms. The van der Waals surface area contributed by atoms with Crippen LogP contribution >= 0.6 is 0 Å². The van der Waals surface area contributed by atoms with Crippen LogP contribution in [0, 0.1) is 7.14 Å². The van der Waals surface area contributed by atoms with E-state index in [-0.39, 0.29) is 27.0 Å². The summed E-state index contributed by atoms with van der Waals surface area (Å²) in [4.78, 5) is 12.1. The van der Waals surface area contributed by atoms with Crippen LogP contribution in [0.1, 0.15) is 15.9 Å². The van der Waals surface area contributed by atoms with E-state index < -0.39 is 0 Å². The van der Waals surface area contributed by atoms with E-state index in [2.05, 4.69) is 12.1 Å². The summed E-state index contributed by atoms with van der Waals surface area (Å²) in [5.74, 6) is 0.187. The van der Waals surface area contributed by atoms with Crippen LogP contribution in [0.4, 0.5) is 0 Å². The van der Waals surface area contributed by atoms with E-state index in [1.807, 2.05) is 36.4 Å². The van der Waals surface area contributed by atoms with Crippen molar-refractivity contribution in [1.82, 2.24) is 0 Å². The van der Waals surface area contributed by atoms with Gasteiger partial charge in [0.15, 0.2) is 0 Å². The number of carbonyl (C=O) groups is 1. The highest BCUT2D eigenvalue weighted by atomic mass is 127. The number of carbonyl (C=O) groups excluding carboxylic acids is 1. The maximum atomic E-state index is 12.1. The van der Waals surface area contributed by atoms with E-state index in [1.54, 1.807) is 0 Å². The van der Waals surface area contributed by atoms with Crippen LogP contribution in [0.25, 0.3) is 0 Å². The van der Waals surface area contributed by atoms with Crippen molar-refractivity contribution in [2.75, 3.05) is 0 Å². The summed E-state index contributed by atoms with van der Waals surface area (Å²) in [6, 6.07) is 15.9. The topological polar surface area (TPSA) is 17.1 Å². The molecule has 0 aromatic heterocycles. The van der Waals surface area contributed by atoms with Gasteiger partial charge in [0.25, 0.3) is 0 Å². The van der Waals surface area contributed by atoms with Crippen LogP contribution in [0.2, 0.25) is 0 Å². The summed E-state index contributed by atoms with van der Waals surface area (Å²) in [6.45, 7) is 0. The summed E-state index contributed by atoms with van der Waals surface area (Å²) in [7, 11) is 0. The molecule has 0 bridgehead atoms. The Balaban J connectivity index is 2.24. The third kappa shape index (κ3) is 1.40. The van der Waals surface area contributed by atoms with Crippen molar-refractivity contribution in [3.05, 3.63) is 66.8 Å². The van der Waals surface area contributed by atoms with Gasteiger partial charge in [0, 0.05) is 0 Å². The molecule has 0 atom stereocenters. The largest absolute Gasteiger partial charge is 0.359 e. The number of halogens is 1. The van der Waals surface area contributed by atoms with E-state index in [9.17, 15) is 4.79 Å². The summed E-state index contributed by atoms with van der Waals surface area (Å²) in [6.07, 6.45) is 0. The highest BCUT2D eigenvalue weighted by Gasteiger charge is 2.34. The van der Waals surface area contributed by atoms with E-state index in [0.29, 0.717) is 0 Å². The number of hydrogen-bond donors (Lipinski definition) is 0. The molecular weight excluding hydrogens is 299 g/mol. The monoisotopic (exact) mass is 307 g/mol. The first-order valence-corrected chi connectivity index (χ1v) is 6.89. The Morgan fingerprint density at radius 2 is 1.20 bits per heavy atom. The lowest BCUT2D eigenvalue weighted by molar-refractivity contribution is -0.599. The third-order valence-electron chi connectivity index (χ3n) is 2.44. The maximum absolute atomic E-state index is 12.1. The smallest absolute Gasteiger partial charge is 0.288 e. The first-order valence-electron chi connectivity index (χ1n) is 4.74. The van der Waals surface area contributed by atoms with Gasteiger partial charge in [-0.25, -0.2) is 0 Å². The van der Waals surface area contributed by atoms with Gasteiger partial charge in [0.05, 0.1) is 11.1 Å². The van der Waals surface area contributed by atoms with E-state index >= 15 is 0 Å². The van der Waals surface area contributed by atoms with Crippen LogP contribution in [0.5, 0.6) is 0 Å². The molecular formula is C13H8IO+. The number of rotatable bonds is 0. The SMILES string of the molecule is O=C1c2ccccc2[I+]c2ccccc21. The third-order valence-corrected chi connectivity index (χ3v) is 5.48. The van der Waals surface area contributed by atoms with Gasteiger partial charge >= 0.3 is 21.2 Å². The quantitative estimate of drug-likeness (QED) is 0.505. The fourth-order valence-electron chi connectivity index (χ4n) is 1.71. The lowest BCUT2D eigenvalue weighted by Gasteiger charge is -2.06. The van der Waals surface area contributed by atoms with Crippen molar-refractivity contribution < 1.29 is 26.0 Å². The van der Waals surface area contributed by atoms with Gasteiger partial charge in [-0.2, -0.15) is 0 Å². The predicted octanol–water partition coefficient (Wildman–Crippen LogP) is -0.641. The van der Waals surface area contributed by atoms with Crippen LogP contribution in [0.3, 0.4) is 0 Å². The summed E-state index contributed by atoms with van der Waals surface area (Å²) < 4.78 is 2.50. The molecule has 0 saturated carbocycles. The molecule has 15 heavy (non-hydrogen) atoms. The molecule has 0 saturated heterocycles. The zero-order chi connectivity index (χ0) is 10.3. The van der Waals surface area contributed by atoms with Crippen molar-refractivity contribution in [3.63, 3.8) is 0 Å². The normalized spacial score (nSPS) is 13.2. The van der Waals surface area contributed by atoms with E-state index in [1.165, 1.54) is 7.14 Å². The molecule has 2 aromatic carbocycles. The lowest BCUT2D eigenvalue weighted by Crippen LogP contribution is -3.62. The minimum Gasteiger partial charge on any atom is -0.288 e. The molecule has 1 aliphatic heterocycles. The molecule has 1 nitrogen and oxygen atoms in total. The second kappa shape index (κ2) is 3.45. The Kier molecular flexibility index (Phi) is 2.09. The molecule has 0 radical (unpaired) electrons. The highest BCUT2D eigenvalue weighted by Crippen LogP contribution is 2.11. The van der Waals surface area contributed by atoms with Gasteiger partial charge in [-0.15, -0.1) is 0 Å². The molecule has 0 aliphatic carbocycles. The zero-order valence-corrected chi connectivity index (χ0v) is 10.1. The number of fused-ring (bicyclic) bond motifs is 2. The molecule has 0 amide bonds. The van der Waals surface area contributed by atoms with Crippen molar-refractivity contribution in [2.45, 2.75) is 0 Å². The minimum atomic E-state index is -0.173. The van der Waals surface area contributed by atoms with Gasteiger partial charge in [0.1, 0.15) is 0 Å². The summed E-state index contributed by atoms with van der Waals surface area (Å²) in [5.41, 5.74) is 1.81. The maximum Gasteiger partial charge on any atom is 0.359 e. The Labute approximate surface area is 98.4 Å². The average molecular weight is 307 g/mol. The predicted molar refractivity (Wildman–Crippen MR) is 53.7 cm³/mol. The van der Waals surface area contributed by atoms with Crippen LogP contribution in [0.15, 0.2) is 48.5 Å². The molecule has 0 N–H and O–H groups in total. The standard InChI is InChI=1S/C13H8IO/c15-13-9-5-1-3-7-11(9)14-12-8-4-2-6-10(12)13/h1-8H/q+1. The molecule has 2 heteroatoms. The first kappa shape index (κ1) is 9.09. The molecule has 72 valence electrons. The van der Waals surface area contributed by atoms with E-state index in [0.717, 1.165) is 11.1 Å². The van der Waals surface area contributed by atoms with Gasteiger partial charge < -0.3 is 0 Å². The molecule has 2 aromatic rings. The summed E-state index contributed by atoms with van der Waals surface area (Å²) >= 11 is -0.173. The van der Waals surface area contributed by atoms with E-state index in [4.69, 9.17) is 0 Å². The van der Waals surface area contributed by atoms with Crippen LogP contribution in [-0.4, -0.2) is 5.78 Å². The first-order chi connectivity index (χ1) is 7.36. The Morgan fingerprint density at radius 1 is 0.733 bits per heavy atom. The van der Waals surface area contributed by atoms with Crippen molar-refractivity contribution in [3.8, 4) is 0 Å². The number of benzene rings is 2. The number of hydrogen-bond acceptors (Lipinski definition) is 1. The van der Waals surface area contributed by atoms with Crippen LogP contribution in [-0.2, 0) is 0 Å². The number of ketones is 1. The molecule has 0 fully saturated rings. The van der Waals surface area contributed by atoms with Crippen molar-refractivity contribution in [2.24, 2.45) is 0 Å². The van der Waals surface area contributed by atoms with Crippen LogP contribution < -0.4 is 21.2 Å². The lowest BCUT2D eigenvalue weighted by atomic mass is 10.0. The Hall–Kier alpha value is -1.16. The van der Waals surface area contributed by atoms with Gasteiger partial charge in [0.2, 0.25) is 12.9 Å². The van der Waals surface area contributed by atoms with Gasteiger partial charge in [-0.05, 0) is 24.3 Å². The summed E-state index contributed by atoms with van der Waals surface area (Å²) in [5, 5.41) is 0. The fourth-order valence-corrected chi connectivity index (χ4v) is 4.54. The highest BCUT2D eigenvalue weighted by molar-refractivity contribution is 6.09. The fraction of sp³-hybridized carbons (Fsp3) is 0. The Morgan fingerprint density at radius 3 is 1.73 bits per heavy atom. The van der Waals surface area contributed by atoms with Crippen molar-refractivity contribution in [1.29, 1.82) is 0 Å². The minimum absolute atomic E-state index is 0.173. The molecule has 1 aliphatic rings. The zero-order valence-electron chi connectivity index (χ0n) is 7.91. The molecule has 0 unspecified atom stereocenters. The second-order valence-electron chi connectivity index (χ2n) is 3.38. The molecule has 1 heterocycles. The van der Waals surface area contributed by atoms with Gasteiger partial charge in [-0.1, -0.05) is 24.3 Å². The molecule has 3 rings (SSSR count). The average Bonchev–Trinajstić information content (AvgIpc) is 2.30.